The SMILES string of the molecule is Cc1cc2ccccc2n1Cc1ccc(C(=O)NN)o1. The van der Waals surface area contributed by atoms with Gasteiger partial charge in [-0.25, -0.2) is 5.84 Å². The number of nitrogen functional groups attached to an aromatic ring is 1. The van der Waals surface area contributed by atoms with E-state index in [0.29, 0.717) is 12.3 Å². The van der Waals surface area contributed by atoms with E-state index in [2.05, 4.69) is 35.1 Å². The summed E-state index contributed by atoms with van der Waals surface area (Å²) in [5, 5.41) is 1.19. The predicted molar refractivity (Wildman–Crippen MR) is 76.1 cm³/mol. The smallest absolute Gasteiger partial charge is 0.300 e. The molecule has 0 unspecified atom stereocenters. The molecule has 0 spiro atoms. The molecule has 3 rings (SSSR count). The number of fused-ring (bicyclic) bond motifs is 1. The number of aryl methyl sites for hydroxylation is 1. The molecule has 0 fully saturated rings. The molecule has 3 aromatic rings. The lowest BCUT2D eigenvalue weighted by Gasteiger charge is -2.06. The van der Waals surface area contributed by atoms with Gasteiger partial charge in [-0.3, -0.25) is 10.2 Å². The van der Waals surface area contributed by atoms with Crippen LogP contribution >= 0.6 is 0 Å². The van der Waals surface area contributed by atoms with E-state index in [0.717, 1.165) is 11.2 Å². The molecular formula is C15H15N3O2. The molecule has 0 aliphatic rings. The summed E-state index contributed by atoms with van der Waals surface area (Å²) in [6, 6.07) is 13.7. The quantitative estimate of drug-likeness (QED) is 0.435. The van der Waals surface area contributed by atoms with Crippen molar-refractivity contribution in [1.82, 2.24) is 9.99 Å². The molecule has 0 bridgehead atoms. The molecule has 3 N–H and O–H groups in total. The highest BCUT2D eigenvalue weighted by molar-refractivity contribution is 5.90. The van der Waals surface area contributed by atoms with Crippen molar-refractivity contribution in [3.05, 3.63) is 59.7 Å². The Hall–Kier alpha value is -2.53. The number of carbonyl (C=O) groups excluding carboxylic acids is 1. The van der Waals surface area contributed by atoms with Crippen molar-refractivity contribution in [2.45, 2.75) is 13.5 Å². The fraction of sp³-hybridized carbons (Fsp3) is 0.133. The second-order valence-electron chi connectivity index (χ2n) is 4.67. The van der Waals surface area contributed by atoms with Crippen molar-refractivity contribution >= 4 is 16.8 Å². The zero-order valence-corrected chi connectivity index (χ0v) is 11.1. The summed E-state index contributed by atoms with van der Waals surface area (Å²) in [6.45, 7) is 2.63. The number of nitrogens with two attached hydrogens (primary N) is 1. The molecule has 1 amide bonds. The van der Waals surface area contributed by atoms with Crippen LogP contribution in [0.15, 0.2) is 46.9 Å². The summed E-state index contributed by atoms with van der Waals surface area (Å²) in [5.74, 6) is 5.59. The average Bonchev–Trinajstić information content (AvgIpc) is 3.04. The highest BCUT2D eigenvalue weighted by Gasteiger charge is 2.11. The number of hydrogen-bond donors (Lipinski definition) is 2. The standard InChI is InChI=1S/C15H15N3O2/c1-10-8-11-4-2-3-5-13(11)18(10)9-12-6-7-14(20-12)15(19)17-16/h2-8H,9,16H2,1H3,(H,17,19). The lowest BCUT2D eigenvalue weighted by molar-refractivity contribution is 0.0924. The number of nitrogens with one attached hydrogen (secondary N) is 1. The van der Waals surface area contributed by atoms with Crippen LogP contribution in [0.1, 0.15) is 22.0 Å². The van der Waals surface area contributed by atoms with Gasteiger partial charge in [0.15, 0.2) is 5.76 Å². The number of hydrazine groups is 1. The molecule has 0 aliphatic heterocycles. The van der Waals surface area contributed by atoms with Crippen molar-refractivity contribution in [2.24, 2.45) is 5.84 Å². The van der Waals surface area contributed by atoms with Crippen molar-refractivity contribution in [3.8, 4) is 0 Å². The fourth-order valence-corrected chi connectivity index (χ4v) is 2.37. The van der Waals surface area contributed by atoms with E-state index in [1.165, 1.54) is 5.39 Å². The van der Waals surface area contributed by atoms with Crippen molar-refractivity contribution < 1.29 is 9.21 Å². The Bertz CT molecular complexity index is 770. The molecule has 0 atom stereocenters. The first kappa shape index (κ1) is 12.5. The highest BCUT2D eigenvalue weighted by Crippen LogP contribution is 2.21. The van der Waals surface area contributed by atoms with Crippen LogP contribution in [-0.2, 0) is 6.54 Å². The molecular weight excluding hydrogens is 254 g/mol. The van der Waals surface area contributed by atoms with Crippen LogP contribution < -0.4 is 11.3 Å². The van der Waals surface area contributed by atoms with Crippen LogP contribution in [-0.4, -0.2) is 10.5 Å². The molecule has 1 aromatic carbocycles. The van der Waals surface area contributed by atoms with E-state index in [9.17, 15) is 4.79 Å². The van der Waals surface area contributed by atoms with Crippen molar-refractivity contribution in [2.75, 3.05) is 0 Å². The largest absolute Gasteiger partial charge is 0.454 e. The third kappa shape index (κ3) is 2.08. The first-order valence-corrected chi connectivity index (χ1v) is 6.33. The minimum atomic E-state index is -0.426. The average molecular weight is 269 g/mol. The zero-order chi connectivity index (χ0) is 14.1. The van der Waals surface area contributed by atoms with E-state index in [1.807, 2.05) is 12.1 Å². The zero-order valence-electron chi connectivity index (χ0n) is 11.1. The van der Waals surface area contributed by atoms with Crippen LogP contribution in [0.4, 0.5) is 0 Å². The van der Waals surface area contributed by atoms with Gasteiger partial charge >= 0.3 is 5.91 Å². The lowest BCUT2D eigenvalue weighted by atomic mass is 10.2. The monoisotopic (exact) mass is 269 g/mol. The van der Waals surface area contributed by atoms with Gasteiger partial charge in [0.2, 0.25) is 0 Å². The Morgan fingerprint density at radius 1 is 1.30 bits per heavy atom. The highest BCUT2D eigenvalue weighted by atomic mass is 16.4. The van der Waals surface area contributed by atoms with Gasteiger partial charge in [0.05, 0.1) is 6.54 Å². The Labute approximate surface area is 115 Å². The Balaban J connectivity index is 1.95. The summed E-state index contributed by atoms with van der Waals surface area (Å²) in [6.07, 6.45) is 0. The van der Waals surface area contributed by atoms with Gasteiger partial charge in [-0.1, -0.05) is 18.2 Å². The van der Waals surface area contributed by atoms with Crippen LogP contribution in [0.3, 0.4) is 0 Å². The summed E-state index contributed by atoms with van der Waals surface area (Å²) in [4.78, 5) is 11.4. The minimum absolute atomic E-state index is 0.219. The number of aromatic nitrogens is 1. The molecule has 0 radical (unpaired) electrons. The summed E-state index contributed by atoms with van der Waals surface area (Å²) < 4.78 is 7.65. The van der Waals surface area contributed by atoms with E-state index >= 15 is 0 Å². The molecule has 5 heteroatoms. The van der Waals surface area contributed by atoms with Gasteiger partial charge in [0, 0.05) is 11.2 Å². The molecule has 2 heterocycles. The number of furan rings is 1. The van der Waals surface area contributed by atoms with Crippen LogP contribution in [0.2, 0.25) is 0 Å². The van der Waals surface area contributed by atoms with Crippen LogP contribution in [0.25, 0.3) is 10.9 Å². The van der Waals surface area contributed by atoms with Crippen molar-refractivity contribution in [3.63, 3.8) is 0 Å². The molecule has 5 nitrogen and oxygen atoms in total. The van der Waals surface area contributed by atoms with Gasteiger partial charge in [-0.05, 0) is 36.6 Å². The Kier molecular flexibility index (Phi) is 3.04. The third-order valence-corrected chi connectivity index (χ3v) is 3.35. The van der Waals surface area contributed by atoms with Gasteiger partial charge in [-0.15, -0.1) is 0 Å². The number of nitrogens with zero attached hydrogens (tertiary/aromatic N) is 1. The maximum absolute atomic E-state index is 11.4. The van der Waals surface area contributed by atoms with E-state index in [-0.39, 0.29) is 5.76 Å². The Morgan fingerprint density at radius 3 is 2.90 bits per heavy atom. The second-order valence-corrected chi connectivity index (χ2v) is 4.67. The number of benzene rings is 1. The number of hydrogen-bond acceptors (Lipinski definition) is 3. The van der Waals surface area contributed by atoms with Gasteiger partial charge in [0.25, 0.3) is 0 Å². The van der Waals surface area contributed by atoms with Gasteiger partial charge in [0.1, 0.15) is 5.76 Å². The number of carbonyl (C=O) groups is 1. The molecule has 0 aliphatic carbocycles. The maximum Gasteiger partial charge on any atom is 0.300 e. The maximum atomic E-state index is 11.4. The molecule has 0 saturated carbocycles. The molecule has 20 heavy (non-hydrogen) atoms. The van der Waals surface area contributed by atoms with E-state index in [1.54, 1.807) is 12.1 Å². The number of para-hydroxylation sites is 1. The lowest BCUT2D eigenvalue weighted by Crippen LogP contribution is -2.29. The van der Waals surface area contributed by atoms with Crippen molar-refractivity contribution in [1.29, 1.82) is 0 Å². The second kappa shape index (κ2) is 4.86. The topological polar surface area (TPSA) is 73.2 Å². The van der Waals surface area contributed by atoms with Gasteiger partial charge < -0.3 is 8.98 Å². The van der Waals surface area contributed by atoms with E-state index in [4.69, 9.17) is 10.3 Å². The predicted octanol–water partition coefficient (Wildman–Crippen LogP) is 2.19. The number of amides is 1. The molecule has 102 valence electrons. The summed E-state index contributed by atoms with van der Waals surface area (Å²) in [7, 11) is 0. The summed E-state index contributed by atoms with van der Waals surface area (Å²) in [5.41, 5.74) is 4.35. The third-order valence-electron chi connectivity index (χ3n) is 3.35. The van der Waals surface area contributed by atoms with Crippen LogP contribution in [0.5, 0.6) is 0 Å². The van der Waals surface area contributed by atoms with E-state index < -0.39 is 5.91 Å². The first-order chi connectivity index (χ1) is 9.69. The molecule has 0 saturated heterocycles. The normalized spacial score (nSPS) is 10.9. The number of rotatable bonds is 3. The molecule has 2 aromatic heterocycles. The Morgan fingerprint density at radius 2 is 2.10 bits per heavy atom. The minimum Gasteiger partial charge on any atom is -0.454 e. The fourth-order valence-electron chi connectivity index (χ4n) is 2.37. The van der Waals surface area contributed by atoms with Gasteiger partial charge in [-0.2, -0.15) is 0 Å². The van der Waals surface area contributed by atoms with Crippen LogP contribution in [0, 0.1) is 6.92 Å². The first-order valence-electron chi connectivity index (χ1n) is 6.33. The summed E-state index contributed by atoms with van der Waals surface area (Å²) >= 11 is 0.